The maximum absolute atomic E-state index is 11.0. The summed E-state index contributed by atoms with van der Waals surface area (Å²) >= 11 is 7.91. The molecule has 3 N–H and O–H groups in total. The van der Waals surface area contributed by atoms with Crippen LogP contribution in [0.25, 0.3) is 0 Å². The fraction of sp³-hybridized carbons (Fsp3) is 0.364. The van der Waals surface area contributed by atoms with E-state index >= 15 is 0 Å². The van der Waals surface area contributed by atoms with Crippen molar-refractivity contribution in [2.75, 3.05) is 5.73 Å². The Labute approximate surface area is 113 Å². The van der Waals surface area contributed by atoms with E-state index in [1.807, 2.05) is 22.6 Å². The summed E-state index contributed by atoms with van der Waals surface area (Å²) in [5.41, 5.74) is 7.47. The van der Waals surface area contributed by atoms with Gasteiger partial charge in [0.05, 0.1) is 14.2 Å². The second kappa shape index (κ2) is 5.23. The van der Waals surface area contributed by atoms with E-state index in [0.717, 1.165) is 12.0 Å². The summed E-state index contributed by atoms with van der Waals surface area (Å²) in [7, 11) is 0. The first-order chi connectivity index (χ1) is 7.34. The first-order valence-corrected chi connectivity index (χ1v) is 6.29. The molecule has 0 aliphatic heterocycles. The van der Waals surface area contributed by atoms with Gasteiger partial charge in [0.2, 0.25) is 0 Å². The zero-order valence-electron chi connectivity index (χ0n) is 9.05. The number of nitrogen functional groups attached to an aromatic ring is 1. The van der Waals surface area contributed by atoms with Gasteiger partial charge in [-0.15, -0.1) is 0 Å². The molecule has 0 radical (unpaired) electrons. The summed E-state index contributed by atoms with van der Waals surface area (Å²) in [5, 5.41) is 9.23. The van der Waals surface area contributed by atoms with Gasteiger partial charge in [-0.3, -0.25) is 0 Å². The molecule has 88 valence electrons. The lowest BCUT2D eigenvalue weighted by molar-refractivity contribution is 0.0697. The summed E-state index contributed by atoms with van der Waals surface area (Å²) in [6.07, 6.45) is 0.749. The van der Waals surface area contributed by atoms with Crippen molar-refractivity contribution in [1.82, 2.24) is 0 Å². The van der Waals surface area contributed by atoms with Crippen molar-refractivity contribution in [3.8, 4) is 0 Å². The number of benzene rings is 1. The number of carboxylic acid groups (broad SMARTS) is 1. The summed E-state index contributed by atoms with van der Waals surface area (Å²) in [5.74, 6) is -0.603. The van der Waals surface area contributed by atoms with Crippen molar-refractivity contribution in [3.05, 3.63) is 25.8 Å². The molecule has 0 aliphatic rings. The normalized spacial score (nSPS) is 10.8. The monoisotopic (exact) mass is 353 g/mol. The Morgan fingerprint density at radius 3 is 2.62 bits per heavy atom. The van der Waals surface area contributed by atoms with Crippen LogP contribution in [0.15, 0.2) is 6.07 Å². The molecule has 0 saturated heterocycles. The van der Waals surface area contributed by atoms with Gasteiger partial charge < -0.3 is 10.8 Å². The third kappa shape index (κ3) is 2.79. The number of anilines is 1. The summed E-state index contributed by atoms with van der Waals surface area (Å²) in [6, 6.07) is 1.57. The van der Waals surface area contributed by atoms with Crippen LogP contribution in [0, 0.1) is 9.49 Å². The number of aromatic carboxylic acids is 1. The summed E-state index contributed by atoms with van der Waals surface area (Å²) < 4.78 is 0.620. The van der Waals surface area contributed by atoms with E-state index in [1.165, 1.54) is 0 Å². The minimum absolute atomic E-state index is 0.121. The van der Waals surface area contributed by atoms with E-state index in [0.29, 0.717) is 15.2 Å². The van der Waals surface area contributed by atoms with Crippen molar-refractivity contribution in [1.29, 1.82) is 0 Å². The SMILES string of the molecule is CC(C)Cc1cc(C(=O)O)c(Cl)c(I)c1N. The second-order valence-corrected chi connectivity index (χ2v) is 5.48. The number of halogens is 2. The number of carbonyl (C=O) groups is 1. The molecule has 0 fully saturated rings. The Balaban J connectivity index is 3.35. The lowest BCUT2D eigenvalue weighted by Crippen LogP contribution is -2.07. The summed E-state index contributed by atoms with van der Waals surface area (Å²) in [4.78, 5) is 11.0. The minimum Gasteiger partial charge on any atom is -0.478 e. The molecular formula is C11H13ClINO2. The van der Waals surface area contributed by atoms with Crippen molar-refractivity contribution < 1.29 is 9.90 Å². The Kier molecular flexibility index (Phi) is 4.43. The third-order valence-corrected chi connectivity index (χ3v) is 4.02. The molecule has 0 bridgehead atoms. The predicted molar refractivity (Wildman–Crippen MR) is 74.1 cm³/mol. The minimum atomic E-state index is -1.02. The Hall–Kier alpha value is -0.490. The molecule has 0 aliphatic carbocycles. The topological polar surface area (TPSA) is 63.3 Å². The van der Waals surface area contributed by atoms with Crippen LogP contribution in [-0.4, -0.2) is 11.1 Å². The molecular weight excluding hydrogens is 340 g/mol. The number of hydrogen-bond donors (Lipinski definition) is 2. The van der Waals surface area contributed by atoms with E-state index in [9.17, 15) is 4.79 Å². The molecule has 0 saturated carbocycles. The van der Waals surface area contributed by atoms with Crippen LogP contribution in [-0.2, 0) is 6.42 Å². The Morgan fingerprint density at radius 2 is 2.19 bits per heavy atom. The van der Waals surface area contributed by atoms with E-state index in [4.69, 9.17) is 22.4 Å². The van der Waals surface area contributed by atoms with Crippen molar-refractivity contribution in [3.63, 3.8) is 0 Å². The van der Waals surface area contributed by atoms with E-state index in [-0.39, 0.29) is 10.6 Å². The fourth-order valence-corrected chi connectivity index (χ4v) is 2.33. The number of hydrogen-bond acceptors (Lipinski definition) is 2. The molecule has 0 amide bonds. The molecule has 0 spiro atoms. The first kappa shape index (κ1) is 13.6. The van der Waals surface area contributed by atoms with E-state index < -0.39 is 5.97 Å². The first-order valence-electron chi connectivity index (χ1n) is 4.84. The fourth-order valence-electron chi connectivity index (χ4n) is 1.46. The highest BCUT2D eigenvalue weighted by atomic mass is 127. The van der Waals surface area contributed by atoms with Gasteiger partial charge in [0.15, 0.2) is 0 Å². The highest BCUT2D eigenvalue weighted by Gasteiger charge is 2.17. The summed E-state index contributed by atoms with van der Waals surface area (Å²) in [6.45, 7) is 4.11. The highest BCUT2D eigenvalue weighted by molar-refractivity contribution is 14.1. The maximum Gasteiger partial charge on any atom is 0.337 e. The van der Waals surface area contributed by atoms with Crippen LogP contribution in [0.5, 0.6) is 0 Å². The van der Waals surface area contributed by atoms with Gasteiger partial charge in [-0.25, -0.2) is 4.79 Å². The van der Waals surface area contributed by atoms with E-state index in [2.05, 4.69) is 13.8 Å². The van der Waals surface area contributed by atoms with Gasteiger partial charge in [0, 0.05) is 5.69 Å². The average molecular weight is 354 g/mol. The van der Waals surface area contributed by atoms with Crippen LogP contribution in [0.1, 0.15) is 29.8 Å². The highest BCUT2D eigenvalue weighted by Crippen LogP contribution is 2.32. The third-order valence-electron chi connectivity index (χ3n) is 2.19. The molecule has 5 heteroatoms. The molecule has 0 heterocycles. The molecule has 1 aromatic carbocycles. The Bertz CT molecular complexity index is 432. The van der Waals surface area contributed by atoms with Gasteiger partial charge in [-0.05, 0) is 46.6 Å². The molecule has 3 nitrogen and oxygen atoms in total. The van der Waals surface area contributed by atoms with Crippen molar-refractivity contribution in [2.45, 2.75) is 20.3 Å². The van der Waals surface area contributed by atoms with Crippen LogP contribution >= 0.6 is 34.2 Å². The molecule has 1 aromatic rings. The number of nitrogens with two attached hydrogens (primary N) is 1. The predicted octanol–water partition coefficient (Wildman–Crippen LogP) is 3.42. The molecule has 0 aromatic heterocycles. The lowest BCUT2D eigenvalue weighted by atomic mass is 9.99. The van der Waals surface area contributed by atoms with E-state index in [1.54, 1.807) is 6.07 Å². The zero-order chi connectivity index (χ0) is 12.5. The van der Waals surface area contributed by atoms with Crippen LogP contribution in [0.2, 0.25) is 5.02 Å². The number of carboxylic acids is 1. The van der Waals surface area contributed by atoms with Gasteiger partial charge in [-0.1, -0.05) is 25.4 Å². The molecule has 0 atom stereocenters. The zero-order valence-corrected chi connectivity index (χ0v) is 12.0. The largest absolute Gasteiger partial charge is 0.478 e. The molecule has 0 unspecified atom stereocenters. The molecule has 1 rings (SSSR count). The smallest absolute Gasteiger partial charge is 0.337 e. The number of rotatable bonds is 3. The van der Waals surface area contributed by atoms with Crippen LogP contribution in [0.4, 0.5) is 5.69 Å². The quantitative estimate of drug-likeness (QED) is 0.646. The standard InChI is InChI=1S/C11H13ClINO2/c1-5(2)3-6-4-7(11(15)16)8(12)9(13)10(6)14/h4-5H,3,14H2,1-2H3,(H,15,16). The van der Waals surface area contributed by atoms with Gasteiger partial charge >= 0.3 is 5.97 Å². The van der Waals surface area contributed by atoms with Crippen LogP contribution < -0.4 is 5.73 Å². The maximum atomic E-state index is 11.0. The van der Waals surface area contributed by atoms with Crippen molar-refractivity contribution >= 4 is 45.8 Å². The second-order valence-electron chi connectivity index (χ2n) is 4.03. The van der Waals surface area contributed by atoms with Crippen LogP contribution in [0.3, 0.4) is 0 Å². The lowest BCUT2D eigenvalue weighted by Gasteiger charge is -2.13. The van der Waals surface area contributed by atoms with Gasteiger partial charge in [-0.2, -0.15) is 0 Å². The Morgan fingerprint density at radius 1 is 1.62 bits per heavy atom. The van der Waals surface area contributed by atoms with Gasteiger partial charge in [0.25, 0.3) is 0 Å². The molecule has 16 heavy (non-hydrogen) atoms. The van der Waals surface area contributed by atoms with Crippen molar-refractivity contribution in [2.24, 2.45) is 5.92 Å². The average Bonchev–Trinajstić information content (AvgIpc) is 2.18. The van der Waals surface area contributed by atoms with Gasteiger partial charge in [0.1, 0.15) is 0 Å².